The number of rotatable bonds is 5. The number of carbonyl (C=O) groups is 1. The molecule has 4 nitrogen and oxygen atoms in total. The average molecular weight is 291 g/mol. The van der Waals surface area contributed by atoms with Gasteiger partial charge in [0.1, 0.15) is 5.82 Å². The molecule has 0 aliphatic heterocycles. The fourth-order valence-corrected chi connectivity index (χ4v) is 2.03. The molecular weight excluding hydrogens is 276 g/mol. The van der Waals surface area contributed by atoms with E-state index in [0.717, 1.165) is 0 Å². The molecular formula is C15H15ClN2O2. The number of benzene rings is 1. The van der Waals surface area contributed by atoms with E-state index in [-0.39, 0.29) is 10.7 Å². The second-order valence-corrected chi connectivity index (χ2v) is 4.93. The number of hydrogen-bond acceptors (Lipinski definition) is 3. The fraction of sp³-hybridized carbons (Fsp3) is 0.200. The van der Waals surface area contributed by atoms with E-state index in [4.69, 9.17) is 16.7 Å². The maximum absolute atomic E-state index is 11.0. The highest BCUT2D eigenvalue weighted by Crippen LogP contribution is 2.19. The first-order chi connectivity index (χ1) is 9.58. The first kappa shape index (κ1) is 14.3. The van der Waals surface area contributed by atoms with E-state index in [1.165, 1.54) is 11.6 Å². The minimum atomic E-state index is -1.13. The van der Waals surface area contributed by atoms with Crippen LogP contribution in [0.5, 0.6) is 0 Å². The summed E-state index contributed by atoms with van der Waals surface area (Å²) in [6.07, 6.45) is 0. The van der Waals surface area contributed by atoms with Gasteiger partial charge in [-0.3, -0.25) is 0 Å². The Hall–Kier alpha value is -2.07. The highest BCUT2D eigenvalue weighted by atomic mass is 35.5. The molecule has 2 N–H and O–H groups in total. The Balaban J connectivity index is 2.04. The highest BCUT2D eigenvalue weighted by Gasteiger charge is 2.12. The van der Waals surface area contributed by atoms with Crippen molar-refractivity contribution in [2.24, 2.45) is 0 Å². The third-order valence-electron chi connectivity index (χ3n) is 3.01. The minimum absolute atomic E-state index is 0.135. The lowest BCUT2D eigenvalue weighted by atomic mass is 10.0. The van der Waals surface area contributed by atoms with Crippen molar-refractivity contribution in [2.45, 2.75) is 12.8 Å². The predicted molar refractivity (Wildman–Crippen MR) is 79.6 cm³/mol. The number of aromatic carboxylic acids is 1. The summed E-state index contributed by atoms with van der Waals surface area (Å²) < 4.78 is 0. The third-order valence-corrected chi connectivity index (χ3v) is 3.31. The van der Waals surface area contributed by atoms with Crippen molar-refractivity contribution in [1.82, 2.24) is 4.98 Å². The van der Waals surface area contributed by atoms with Crippen molar-refractivity contribution < 1.29 is 9.90 Å². The van der Waals surface area contributed by atoms with Crippen LogP contribution in [0.25, 0.3) is 0 Å². The molecule has 0 aliphatic carbocycles. The first-order valence-electron chi connectivity index (χ1n) is 6.26. The molecule has 0 bridgehead atoms. The van der Waals surface area contributed by atoms with Gasteiger partial charge in [0.25, 0.3) is 0 Å². The maximum Gasteiger partial charge on any atom is 0.356 e. The number of nitrogens with zero attached hydrogens (tertiary/aromatic N) is 1. The number of carboxylic acids is 1. The summed E-state index contributed by atoms with van der Waals surface area (Å²) in [5, 5.41) is 12.2. The molecule has 0 saturated carbocycles. The monoisotopic (exact) mass is 290 g/mol. The van der Waals surface area contributed by atoms with Crippen LogP contribution in [0.1, 0.15) is 28.9 Å². The fourth-order valence-electron chi connectivity index (χ4n) is 1.85. The van der Waals surface area contributed by atoms with E-state index in [0.29, 0.717) is 18.3 Å². The second kappa shape index (κ2) is 6.39. The summed E-state index contributed by atoms with van der Waals surface area (Å²) in [4.78, 5) is 15.0. The quantitative estimate of drug-likeness (QED) is 0.882. The molecule has 0 spiro atoms. The van der Waals surface area contributed by atoms with Gasteiger partial charge in [-0.05, 0) is 23.6 Å². The lowest BCUT2D eigenvalue weighted by Crippen LogP contribution is -2.12. The lowest BCUT2D eigenvalue weighted by Gasteiger charge is -2.13. The van der Waals surface area contributed by atoms with Crippen molar-refractivity contribution in [3.05, 3.63) is 58.7 Å². The van der Waals surface area contributed by atoms with E-state index in [1.54, 1.807) is 6.07 Å². The Morgan fingerprint density at radius 2 is 2.00 bits per heavy atom. The topological polar surface area (TPSA) is 62.2 Å². The molecule has 1 aromatic heterocycles. The molecule has 2 rings (SSSR count). The van der Waals surface area contributed by atoms with Gasteiger partial charge in [0.15, 0.2) is 5.69 Å². The summed E-state index contributed by atoms with van der Waals surface area (Å²) in [6.45, 7) is 2.76. The number of carboxylic acid groups (broad SMARTS) is 1. The molecule has 1 heterocycles. The van der Waals surface area contributed by atoms with Crippen molar-refractivity contribution in [3.63, 3.8) is 0 Å². The summed E-state index contributed by atoms with van der Waals surface area (Å²) >= 11 is 5.78. The molecule has 1 aromatic carbocycles. The summed E-state index contributed by atoms with van der Waals surface area (Å²) in [7, 11) is 0. The lowest BCUT2D eigenvalue weighted by molar-refractivity contribution is 0.0691. The molecule has 0 fully saturated rings. The van der Waals surface area contributed by atoms with Gasteiger partial charge in [-0.2, -0.15) is 0 Å². The molecule has 20 heavy (non-hydrogen) atoms. The van der Waals surface area contributed by atoms with Gasteiger partial charge in [-0.1, -0.05) is 48.9 Å². The summed E-state index contributed by atoms with van der Waals surface area (Å²) in [5.41, 5.74) is 1.08. The molecule has 0 radical (unpaired) electrons. The zero-order chi connectivity index (χ0) is 14.5. The predicted octanol–water partition coefficient (Wildman–Crippen LogP) is 3.65. The molecule has 1 atom stereocenters. The normalized spacial score (nSPS) is 11.9. The number of nitrogens with one attached hydrogen (secondary N) is 1. The van der Waals surface area contributed by atoms with E-state index < -0.39 is 5.97 Å². The van der Waals surface area contributed by atoms with Crippen LogP contribution in [0.4, 0.5) is 5.82 Å². The number of aromatic nitrogens is 1. The Morgan fingerprint density at radius 3 is 2.65 bits per heavy atom. The number of hydrogen-bond donors (Lipinski definition) is 2. The van der Waals surface area contributed by atoms with Gasteiger partial charge in [-0.15, -0.1) is 0 Å². The van der Waals surface area contributed by atoms with Crippen LogP contribution in [-0.4, -0.2) is 22.6 Å². The van der Waals surface area contributed by atoms with Crippen LogP contribution in [0.3, 0.4) is 0 Å². The maximum atomic E-state index is 11.0. The average Bonchev–Trinajstić information content (AvgIpc) is 2.46. The van der Waals surface area contributed by atoms with Gasteiger partial charge in [0.05, 0.1) is 5.02 Å². The molecule has 2 aromatic rings. The van der Waals surface area contributed by atoms with Crippen molar-refractivity contribution in [2.75, 3.05) is 11.9 Å². The number of pyridine rings is 1. The number of halogens is 1. The van der Waals surface area contributed by atoms with Crippen molar-refractivity contribution in [1.29, 1.82) is 0 Å². The van der Waals surface area contributed by atoms with Crippen LogP contribution in [0.15, 0.2) is 42.5 Å². The summed E-state index contributed by atoms with van der Waals surface area (Å²) in [6, 6.07) is 13.3. The SMILES string of the molecule is CC(CNc1ccc(Cl)c(C(=O)O)n1)c1ccccc1. The highest BCUT2D eigenvalue weighted by molar-refractivity contribution is 6.33. The Labute approximate surface area is 122 Å². The van der Waals surface area contributed by atoms with Crippen LogP contribution >= 0.6 is 11.6 Å². The van der Waals surface area contributed by atoms with Gasteiger partial charge in [0, 0.05) is 6.54 Å². The molecule has 0 amide bonds. The third kappa shape index (κ3) is 3.48. The second-order valence-electron chi connectivity index (χ2n) is 4.52. The first-order valence-corrected chi connectivity index (χ1v) is 6.64. The Bertz CT molecular complexity index is 602. The zero-order valence-electron chi connectivity index (χ0n) is 11.0. The molecule has 5 heteroatoms. The van der Waals surface area contributed by atoms with Crippen LogP contribution < -0.4 is 5.32 Å². The van der Waals surface area contributed by atoms with Gasteiger partial charge in [-0.25, -0.2) is 9.78 Å². The van der Waals surface area contributed by atoms with E-state index >= 15 is 0 Å². The van der Waals surface area contributed by atoms with Gasteiger partial charge < -0.3 is 10.4 Å². The van der Waals surface area contributed by atoms with Crippen LogP contribution in [0.2, 0.25) is 5.02 Å². The van der Waals surface area contributed by atoms with Crippen molar-refractivity contribution in [3.8, 4) is 0 Å². The van der Waals surface area contributed by atoms with Gasteiger partial charge >= 0.3 is 5.97 Å². The minimum Gasteiger partial charge on any atom is -0.476 e. The largest absolute Gasteiger partial charge is 0.476 e. The number of anilines is 1. The van der Waals surface area contributed by atoms with Crippen molar-refractivity contribution >= 4 is 23.4 Å². The zero-order valence-corrected chi connectivity index (χ0v) is 11.8. The molecule has 104 valence electrons. The summed E-state index contributed by atoms with van der Waals surface area (Å²) in [5.74, 6) is -0.328. The standard InChI is InChI=1S/C15H15ClN2O2/c1-10(11-5-3-2-4-6-11)9-17-13-8-7-12(16)14(18-13)15(19)20/h2-8,10H,9H2,1H3,(H,17,18)(H,19,20). The Morgan fingerprint density at radius 1 is 1.30 bits per heavy atom. The molecule has 0 aliphatic rings. The smallest absolute Gasteiger partial charge is 0.356 e. The Kier molecular flexibility index (Phi) is 4.58. The van der Waals surface area contributed by atoms with Gasteiger partial charge in [0.2, 0.25) is 0 Å². The van der Waals surface area contributed by atoms with Crippen LogP contribution in [-0.2, 0) is 0 Å². The van der Waals surface area contributed by atoms with E-state index in [9.17, 15) is 4.79 Å². The van der Waals surface area contributed by atoms with Crippen LogP contribution in [0, 0.1) is 0 Å². The van der Waals surface area contributed by atoms with E-state index in [1.807, 2.05) is 18.2 Å². The van der Waals surface area contributed by atoms with E-state index in [2.05, 4.69) is 29.4 Å². The molecule has 1 unspecified atom stereocenters. The molecule has 0 saturated heterocycles.